The van der Waals surface area contributed by atoms with Crippen LogP contribution in [0.5, 0.6) is 23.0 Å². The van der Waals surface area contributed by atoms with Gasteiger partial charge in [0.25, 0.3) is 0 Å². The number of carbonyl (C=O) groups excluding carboxylic acids is 3. The van der Waals surface area contributed by atoms with Crippen molar-refractivity contribution in [1.29, 1.82) is 5.26 Å². The molecule has 0 bridgehead atoms. The van der Waals surface area contributed by atoms with Crippen LogP contribution >= 0.6 is 0 Å². The summed E-state index contributed by atoms with van der Waals surface area (Å²) in [6.45, 7) is -0.671. The van der Waals surface area contributed by atoms with E-state index in [-0.39, 0.29) is 30.6 Å². The zero-order valence-corrected chi connectivity index (χ0v) is 25.1. The van der Waals surface area contributed by atoms with Crippen LogP contribution in [0.25, 0.3) is 0 Å². The summed E-state index contributed by atoms with van der Waals surface area (Å²) in [6.07, 6.45) is -10.5. The van der Waals surface area contributed by atoms with Gasteiger partial charge in [-0.05, 0) is 48.5 Å². The van der Waals surface area contributed by atoms with Crippen molar-refractivity contribution in [2.75, 3.05) is 43.3 Å². The highest BCUT2D eigenvalue weighted by Crippen LogP contribution is 2.36. The Balaban J connectivity index is 1.24. The number of benzene rings is 3. The quantitative estimate of drug-likeness (QED) is 0.254. The smallest absolute Gasteiger partial charge is 0.412 e. The Morgan fingerprint density at radius 3 is 1.73 bits per heavy atom. The van der Waals surface area contributed by atoms with Gasteiger partial charge in [0.2, 0.25) is 13.6 Å². The first-order chi connectivity index (χ1) is 23.3. The maximum absolute atomic E-state index is 13.3. The largest absolute Gasteiger partial charge is 0.454 e. The summed E-state index contributed by atoms with van der Waals surface area (Å²) in [4.78, 5) is 39.5. The topological polar surface area (TPSA) is 214 Å². The lowest BCUT2D eigenvalue weighted by Crippen LogP contribution is -2.63. The first-order valence-electron chi connectivity index (χ1n) is 14.3. The third-order valence-electron chi connectivity index (χ3n) is 7.23. The number of aliphatic hydroxyl groups excluding tert-OH is 1. The van der Waals surface area contributed by atoms with Crippen molar-refractivity contribution in [1.82, 2.24) is 0 Å². The number of nitriles is 1. The first-order valence-corrected chi connectivity index (χ1v) is 14.3. The number of methoxy groups -OCH3 is 1. The predicted octanol–water partition coefficient (Wildman–Crippen LogP) is 3.53. The fourth-order valence-electron chi connectivity index (χ4n) is 5.01. The van der Waals surface area contributed by atoms with Crippen molar-refractivity contribution in [2.45, 2.75) is 30.7 Å². The molecule has 0 radical (unpaired) electrons. The lowest BCUT2D eigenvalue weighted by atomic mass is 9.98. The van der Waals surface area contributed by atoms with Gasteiger partial charge in [-0.2, -0.15) is 5.26 Å². The van der Waals surface area contributed by atoms with E-state index in [4.69, 9.17) is 47.9 Å². The number of amides is 3. The zero-order chi connectivity index (χ0) is 33.6. The molecule has 3 aliphatic rings. The highest BCUT2D eigenvalue weighted by molar-refractivity contribution is 5.87. The molecule has 5 atom stereocenters. The van der Waals surface area contributed by atoms with E-state index in [0.29, 0.717) is 28.6 Å². The molecule has 3 aromatic rings. The third-order valence-corrected chi connectivity index (χ3v) is 7.23. The van der Waals surface area contributed by atoms with Crippen molar-refractivity contribution in [3.63, 3.8) is 0 Å². The Kier molecular flexibility index (Phi) is 9.47. The number of rotatable bonds is 8. The standard InChI is InChI=1S/C31H28N4O13/c1-40-28-27(48-31(39)35-19-7-9-21-23(11-19)44-15-42-21)26(47-30(38)34-18-6-8-20-22(10-18)43-14-41-20)25(24(13-36)45-28)46-29(37)33-17-4-2-16(12-32)3-5-17/h2-11,24-28,36H,13-15H2,1H3,(H,33,37)(H,34,38)(H,35,39)/t24-,25-,26+,27+,28+/m1/s1. The molecule has 3 amide bonds. The molecular weight excluding hydrogens is 636 g/mol. The molecule has 1 fully saturated rings. The zero-order valence-electron chi connectivity index (χ0n) is 25.1. The lowest BCUT2D eigenvalue weighted by Gasteiger charge is -2.43. The van der Waals surface area contributed by atoms with Crippen LogP contribution in [0.3, 0.4) is 0 Å². The molecule has 48 heavy (non-hydrogen) atoms. The van der Waals surface area contributed by atoms with Crippen LogP contribution in [0.2, 0.25) is 0 Å². The minimum atomic E-state index is -1.59. The van der Waals surface area contributed by atoms with E-state index in [1.807, 2.05) is 6.07 Å². The van der Waals surface area contributed by atoms with Crippen LogP contribution < -0.4 is 34.9 Å². The van der Waals surface area contributed by atoms with Gasteiger partial charge >= 0.3 is 18.3 Å². The predicted molar refractivity (Wildman–Crippen MR) is 161 cm³/mol. The highest BCUT2D eigenvalue weighted by Gasteiger charge is 2.53. The second kappa shape index (κ2) is 14.2. The average Bonchev–Trinajstić information content (AvgIpc) is 3.75. The fourth-order valence-corrected chi connectivity index (χ4v) is 5.01. The van der Waals surface area contributed by atoms with Gasteiger partial charge in [-0.15, -0.1) is 0 Å². The maximum Gasteiger partial charge on any atom is 0.412 e. The molecule has 0 spiro atoms. The molecule has 0 saturated carbocycles. The number of hydrogen-bond acceptors (Lipinski definition) is 14. The van der Waals surface area contributed by atoms with Gasteiger partial charge in [-0.1, -0.05) is 0 Å². The number of fused-ring (bicyclic) bond motifs is 2. The molecule has 6 rings (SSSR count). The monoisotopic (exact) mass is 664 g/mol. The number of nitrogens with one attached hydrogen (secondary N) is 3. The van der Waals surface area contributed by atoms with Gasteiger partial charge in [-0.3, -0.25) is 16.0 Å². The molecular formula is C31H28N4O13. The first kappa shape index (κ1) is 32.0. The molecule has 3 aromatic carbocycles. The molecule has 1 saturated heterocycles. The van der Waals surface area contributed by atoms with Gasteiger partial charge < -0.3 is 47.7 Å². The fraction of sp³-hybridized carbons (Fsp3) is 0.290. The number of ether oxygens (including phenoxy) is 9. The number of nitrogens with zero attached hydrogens (tertiary/aromatic N) is 1. The summed E-state index contributed by atoms with van der Waals surface area (Å²) in [6, 6.07) is 17.2. The SMILES string of the molecule is CO[C@H]1O[C@H](CO)[C@@H](OC(=O)Nc2ccc(C#N)cc2)[C@H](OC(=O)Nc2ccc3c(c2)OCO3)[C@@H]1OC(=O)Nc1ccc2c(c1)OCO2. The normalized spacial score (nSPS) is 21.7. The molecule has 0 aliphatic carbocycles. The minimum absolute atomic E-state index is 0.0170. The molecule has 250 valence electrons. The van der Waals surface area contributed by atoms with Crippen molar-refractivity contribution in [2.24, 2.45) is 0 Å². The van der Waals surface area contributed by atoms with Crippen LogP contribution in [0.4, 0.5) is 31.4 Å². The number of hydrogen-bond donors (Lipinski definition) is 4. The van der Waals surface area contributed by atoms with E-state index >= 15 is 0 Å². The van der Waals surface area contributed by atoms with Crippen molar-refractivity contribution in [3.8, 4) is 29.1 Å². The van der Waals surface area contributed by atoms with Crippen molar-refractivity contribution < 1.29 is 62.1 Å². The lowest BCUT2D eigenvalue weighted by molar-refractivity contribution is -0.290. The van der Waals surface area contributed by atoms with Gasteiger partial charge in [0.1, 0.15) is 6.10 Å². The van der Waals surface area contributed by atoms with Gasteiger partial charge in [0.15, 0.2) is 47.6 Å². The summed E-state index contributed by atoms with van der Waals surface area (Å²) < 4.78 is 49.5. The van der Waals surface area contributed by atoms with Crippen molar-refractivity contribution in [3.05, 3.63) is 66.2 Å². The van der Waals surface area contributed by atoms with E-state index < -0.39 is 55.6 Å². The van der Waals surface area contributed by atoms with E-state index in [9.17, 15) is 19.5 Å². The molecule has 0 aromatic heterocycles. The van der Waals surface area contributed by atoms with Gasteiger partial charge in [0, 0.05) is 36.3 Å². The van der Waals surface area contributed by atoms with E-state index in [0.717, 1.165) is 0 Å². The Morgan fingerprint density at radius 2 is 1.21 bits per heavy atom. The molecule has 3 heterocycles. The highest BCUT2D eigenvalue weighted by atomic mass is 16.7. The summed E-state index contributed by atoms with van der Waals surface area (Å²) >= 11 is 0. The number of anilines is 3. The van der Waals surface area contributed by atoms with Gasteiger partial charge in [-0.25, -0.2) is 14.4 Å². The Labute approximate surface area is 272 Å². The molecule has 17 nitrogen and oxygen atoms in total. The van der Waals surface area contributed by atoms with Crippen LogP contribution in [0.15, 0.2) is 60.7 Å². The van der Waals surface area contributed by atoms with E-state index in [2.05, 4.69) is 16.0 Å². The van der Waals surface area contributed by atoms with Crippen LogP contribution in [0, 0.1) is 11.3 Å². The molecule has 3 aliphatic heterocycles. The van der Waals surface area contributed by atoms with Crippen LogP contribution in [0.1, 0.15) is 5.56 Å². The Bertz CT molecular complexity index is 1710. The Morgan fingerprint density at radius 1 is 0.729 bits per heavy atom. The maximum atomic E-state index is 13.3. The Hall–Kier alpha value is -5.96. The van der Waals surface area contributed by atoms with Crippen LogP contribution in [-0.4, -0.2) is 81.4 Å². The van der Waals surface area contributed by atoms with Gasteiger partial charge in [0.05, 0.1) is 18.2 Å². The second-order valence-electron chi connectivity index (χ2n) is 10.3. The minimum Gasteiger partial charge on any atom is -0.454 e. The summed E-state index contributed by atoms with van der Waals surface area (Å²) in [5.74, 6) is 1.76. The number of aliphatic hydroxyl groups is 1. The number of carbonyl (C=O) groups is 3. The molecule has 0 unspecified atom stereocenters. The summed E-state index contributed by atoms with van der Waals surface area (Å²) in [5.41, 5.74) is 1.20. The van der Waals surface area contributed by atoms with E-state index in [1.54, 1.807) is 24.3 Å². The summed E-state index contributed by atoms with van der Waals surface area (Å²) in [7, 11) is 1.24. The second-order valence-corrected chi connectivity index (χ2v) is 10.3. The molecule has 4 N–H and O–H groups in total. The summed E-state index contributed by atoms with van der Waals surface area (Å²) in [5, 5.41) is 26.8. The van der Waals surface area contributed by atoms with Crippen molar-refractivity contribution >= 4 is 35.3 Å². The van der Waals surface area contributed by atoms with E-state index in [1.165, 1.54) is 43.5 Å². The average molecular weight is 665 g/mol. The molecule has 17 heteroatoms. The third kappa shape index (κ3) is 7.20. The van der Waals surface area contributed by atoms with Crippen LogP contribution in [-0.2, 0) is 23.7 Å².